The molecule has 1 saturated heterocycles. The highest BCUT2D eigenvalue weighted by molar-refractivity contribution is 7.62. The summed E-state index contributed by atoms with van der Waals surface area (Å²) in [4.78, 5) is 23.9. The predicted octanol–water partition coefficient (Wildman–Crippen LogP) is 0.274. The SMILES string of the molecule is C=CCO[P+]1([O-])OC[C@@H]2C[C@@]21C(=O)OC. The fourth-order valence-electron chi connectivity index (χ4n) is 1.99. The molecule has 0 amide bonds. The zero-order chi connectivity index (χ0) is 11.1. The van der Waals surface area contributed by atoms with Gasteiger partial charge in [-0.25, -0.2) is 13.8 Å². The standard InChI is InChI=1S/C9H13O5P/c1-3-4-13-15(11)9(8(10)12-2)5-7(9)6-14-15/h3,7H,1,4-6H2,2H3/t7-,9-,15?/m0/s1. The maximum absolute atomic E-state index is 12.3. The monoisotopic (exact) mass is 232 g/mol. The Hall–Kier alpha value is -0.480. The summed E-state index contributed by atoms with van der Waals surface area (Å²) in [5, 5.41) is -1.02. The highest BCUT2D eigenvalue weighted by atomic mass is 31.2. The van der Waals surface area contributed by atoms with Gasteiger partial charge >= 0.3 is 5.97 Å². The van der Waals surface area contributed by atoms with Crippen molar-refractivity contribution in [2.75, 3.05) is 20.3 Å². The van der Waals surface area contributed by atoms with Crippen LogP contribution >= 0.6 is 7.94 Å². The van der Waals surface area contributed by atoms with E-state index in [0.717, 1.165) is 0 Å². The second kappa shape index (κ2) is 3.52. The molecule has 5 nitrogen and oxygen atoms in total. The minimum absolute atomic E-state index is 0.0133. The summed E-state index contributed by atoms with van der Waals surface area (Å²) in [7, 11) is -2.07. The first-order valence-corrected chi connectivity index (χ1v) is 6.23. The molecule has 0 N–H and O–H groups in total. The number of rotatable bonds is 4. The van der Waals surface area contributed by atoms with Gasteiger partial charge in [0.2, 0.25) is 5.16 Å². The molecule has 0 aromatic heterocycles. The van der Waals surface area contributed by atoms with Crippen LogP contribution in [-0.4, -0.2) is 31.4 Å². The van der Waals surface area contributed by atoms with Gasteiger partial charge in [-0.05, 0) is 0 Å². The number of carbonyl (C=O) groups is 1. The third kappa shape index (κ3) is 1.35. The molecular weight excluding hydrogens is 219 g/mol. The molecule has 0 spiro atoms. The topological polar surface area (TPSA) is 67.8 Å². The minimum atomic E-state index is -3.35. The normalized spacial score (nSPS) is 42.1. The molecule has 1 unspecified atom stereocenters. The second-order valence-electron chi connectivity index (χ2n) is 3.69. The van der Waals surface area contributed by atoms with E-state index in [-0.39, 0.29) is 12.5 Å². The van der Waals surface area contributed by atoms with Crippen molar-refractivity contribution in [2.24, 2.45) is 5.92 Å². The number of carbonyl (C=O) groups excluding carboxylic acids is 1. The Balaban J connectivity index is 2.18. The molecule has 84 valence electrons. The van der Waals surface area contributed by atoms with Crippen LogP contribution in [0.15, 0.2) is 12.7 Å². The molecule has 1 aliphatic carbocycles. The first kappa shape index (κ1) is 11.0. The summed E-state index contributed by atoms with van der Waals surface area (Å²) in [6, 6.07) is 0. The molecule has 1 saturated carbocycles. The number of fused-ring (bicyclic) bond motifs is 1. The molecule has 2 rings (SSSR count). The lowest BCUT2D eigenvalue weighted by molar-refractivity contribution is -0.219. The molecule has 0 bridgehead atoms. The van der Waals surface area contributed by atoms with Crippen molar-refractivity contribution in [3.63, 3.8) is 0 Å². The first-order chi connectivity index (χ1) is 7.10. The molecule has 15 heavy (non-hydrogen) atoms. The van der Waals surface area contributed by atoms with E-state index in [0.29, 0.717) is 13.0 Å². The van der Waals surface area contributed by atoms with Crippen molar-refractivity contribution >= 4 is 13.9 Å². The summed E-state index contributed by atoms with van der Waals surface area (Å²) in [6.45, 7) is 3.88. The highest BCUT2D eigenvalue weighted by Gasteiger charge is 2.82. The van der Waals surface area contributed by atoms with E-state index in [4.69, 9.17) is 9.05 Å². The Morgan fingerprint density at radius 1 is 1.87 bits per heavy atom. The van der Waals surface area contributed by atoms with Crippen LogP contribution in [0.3, 0.4) is 0 Å². The van der Waals surface area contributed by atoms with Crippen LogP contribution in [0.5, 0.6) is 0 Å². The Morgan fingerprint density at radius 2 is 2.60 bits per heavy atom. The van der Waals surface area contributed by atoms with E-state index >= 15 is 0 Å². The van der Waals surface area contributed by atoms with Crippen LogP contribution in [0.1, 0.15) is 6.42 Å². The van der Waals surface area contributed by atoms with Gasteiger partial charge in [-0.2, -0.15) is 0 Å². The summed E-state index contributed by atoms with van der Waals surface area (Å²) in [5.74, 6) is -0.502. The van der Waals surface area contributed by atoms with Gasteiger partial charge in [0.15, 0.2) is 0 Å². The summed E-state index contributed by atoms with van der Waals surface area (Å²) in [6.07, 6.45) is 2.01. The van der Waals surface area contributed by atoms with Crippen LogP contribution in [0, 0.1) is 5.92 Å². The quantitative estimate of drug-likeness (QED) is 0.395. The predicted molar refractivity (Wildman–Crippen MR) is 51.9 cm³/mol. The first-order valence-electron chi connectivity index (χ1n) is 4.69. The molecule has 0 radical (unpaired) electrons. The van der Waals surface area contributed by atoms with E-state index in [2.05, 4.69) is 11.3 Å². The maximum Gasteiger partial charge on any atom is 0.355 e. The Kier molecular flexibility index (Phi) is 2.59. The van der Waals surface area contributed by atoms with Crippen molar-refractivity contribution in [1.29, 1.82) is 0 Å². The molecule has 1 aliphatic heterocycles. The molecule has 2 aliphatic rings. The molecule has 3 atom stereocenters. The van der Waals surface area contributed by atoms with Crippen molar-refractivity contribution in [3.05, 3.63) is 12.7 Å². The lowest BCUT2D eigenvalue weighted by atomic mass is 10.3. The lowest BCUT2D eigenvalue weighted by Crippen LogP contribution is -2.34. The van der Waals surface area contributed by atoms with Crippen LogP contribution in [0.2, 0.25) is 0 Å². The fraction of sp³-hybridized carbons (Fsp3) is 0.667. The molecule has 0 aromatic carbocycles. The van der Waals surface area contributed by atoms with Crippen LogP contribution in [0.25, 0.3) is 0 Å². The van der Waals surface area contributed by atoms with E-state index in [9.17, 15) is 9.69 Å². The van der Waals surface area contributed by atoms with E-state index < -0.39 is 19.1 Å². The van der Waals surface area contributed by atoms with Crippen molar-refractivity contribution < 1.29 is 23.5 Å². The number of esters is 1. The van der Waals surface area contributed by atoms with Gasteiger partial charge in [-0.1, -0.05) is 6.08 Å². The smallest absolute Gasteiger partial charge is 0.355 e. The van der Waals surface area contributed by atoms with Gasteiger partial charge in [0.1, 0.15) is 13.2 Å². The van der Waals surface area contributed by atoms with Gasteiger partial charge in [-0.15, -0.1) is 6.58 Å². The highest BCUT2D eigenvalue weighted by Crippen LogP contribution is 2.81. The third-order valence-corrected chi connectivity index (χ3v) is 5.59. The maximum atomic E-state index is 12.3. The average Bonchev–Trinajstić information content (AvgIpc) is 2.93. The van der Waals surface area contributed by atoms with Crippen LogP contribution in [0.4, 0.5) is 0 Å². The van der Waals surface area contributed by atoms with E-state index in [1.165, 1.54) is 13.2 Å². The Labute approximate surface area is 88.6 Å². The van der Waals surface area contributed by atoms with Gasteiger partial charge in [0.05, 0.1) is 7.11 Å². The van der Waals surface area contributed by atoms with Gasteiger partial charge < -0.3 is 9.63 Å². The third-order valence-electron chi connectivity index (χ3n) is 2.91. The zero-order valence-corrected chi connectivity index (χ0v) is 9.37. The molecule has 2 fully saturated rings. The van der Waals surface area contributed by atoms with Gasteiger partial charge in [0, 0.05) is 12.3 Å². The molecular formula is C9H13O5P. The van der Waals surface area contributed by atoms with Crippen molar-refractivity contribution in [3.8, 4) is 0 Å². The second-order valence-corrected chi connectivity index (χ2v) is 6.00. The molecule has 6 heteroatoms. The van der Waals surface area contributed by atoms with Crippen molar-refractivity contribution in [1.82, 2.24) is 0 Å². The average molecular weight is 232 g/mol. The van der Waals surface area contributed by atoms with E-state index in [1.54, 1.807) is 0 Å². The largest absolute Gasteiger partial charge is 0.630 e. The van der Waals surface area contributed by atoms with Crippen LogP contribution in [-0.2, 0) is 18.6 Å². The summed E-state index contributed by atoms with van der Waals surface area (Å²) < 4.78 is 14.9. The molecule has 1 heterocycles. The van der Waals surface area contributed by atoms with E-state index in [1.807, 2.05) is 0 Å². The lowest BCUT2D eigenvalue weighted by Gasteiger charge is -2.28. The Bertz CT molecular complexity index is 307. The Morgan fingerprint density at radius 3 is 3.13 bits per heavy atom. The number of hydrogen-bond acceptors (Lipinski definition) is 5. The van der Waals surface area contributed by atoms with Gasteiger partial charge in [0.25, 0.3) is 7.94 Å². The van der Waals surface area contributed by atoms with Crippen LogP contribution < -0.4 is 4.89 Å². The minimum Gasteiger partial charge on any atom is -0.630 e. The molecule has 0 aromatic rings. The number of methoxy groups -OCH3 is 1. The zero-order valence-electron chi connectivity index (χ0n) is 8.47. The number of hydrogen-bond donors (Lipinski definition) is 0. The summed E-state index contributed by atoms with van der Waals surface area (Å²) >= 11 is 0. The fourth-order valence-corrected chi connectivity index (χ4v) is 4.49. The summed E-state index contributed by atoms with van der Waals surface area (Å²) in [5.41, 5.74) is 0. The number of ether oxygens (including phenoxy) is 1. The van der Waals surface area contributed by atoms with Crippen molar-refractivity contribution in [2.45, 2.75) is 11.6 Å². The van der Waals surface area contributed by atoms with Gasteiger partial charge in [-0.3, -0.25) is 0 Å².